The lowest BCUT2D eigenvalue weighted by Gasteiger charge is -2.31. The number of hydrogen-bond acceptors (Lipinski definition) is 5. The predicted molar refractivity (Wildman–Crippen MR) is 81.9 cm³/mol. The van der Waals surface area contributed by atoms with E-state index in [1.807, 2.05) is 26.8 Å². The van der Waals surface area contributed by atoms with Crippen molar-refractivity contribution in [3.8, 4) is 0 Å². The Labute approximate surface area is 130 Å². The highest BCUT2D eigenvalue weighted by Gasteiger charge is 2.28. The van der Waals surface area contributed by atoms with E-state index >= 15 is 0 Å². The molecule has 6 heteroatoms. The molecule has 2 heterocycles. The summed E-state index contributed by atoms with van der Waals surface area (Å²) >= 11 is 0. The number of nitrogens with zero attached hydrogens (tertiary/aromatic N) is 2. The molecule has 0 saturated carbocycles. The molecule has 120 valence electrons. The van der Waals surface area contributed by atoms with E-state index in [2.05, 4.69) is 9.72 Å². The lowest BCUT2D eigenvalue weighted by Crippen LogP contribution is -2.40. The van der Waals surface area contributed by atoms with Crippen molar-refractivity contribution in [3.05, 3.63) is 23.5 Å². The number of aryl methyl sites for hydroxylation is 1. The third-order valence-corrected chi connectivity index (χ3v) is 3.26. The van der Waals surface area contributed by atoms with Crippen LogP contribution in [0.25, 0.3) is 0 Å². The first-order valence-electron chi connectivity index (χ1n) is 7.36. The molecule has 0 atom stereocenters. The molecule has 0 spiro atoms. The van der Waals surface area contributed by atoms with E-state index in [1.54, 1.807) is 11.0 Å². The van der Waals surface area contributed by atoms with Gasteiger partial charge in [0.1, 0.15) is 5.60 Å². The molecule has 0 N–H and O–H groups in total. The summed E-state index contributed by atoms with van der Waals surface area (Å²) in [6.07, 6.45) is 1.37. The molecular formula is C16H22N2O4. The molecule has 0 fully saturated rings. The van der Waals surface area contributed by atoms with Gasteiger partial charge in [-0.1, -0.05) is 0 Å². The molecule has 0 bridgehead atoms. The van der Waals surface area contributed by atoms with Crippen molar-refractivity contribution in [2.24, 2.45) is 0 Å². The van der Waals surface area contributed by atoms with Crippen LogP contribution in [0.4, 0.5) is 10.5 Å². The van der Waals surface area contributed by atoms with E-state index < -0.39 is 5.60 Å². The Balaban J connectivity index is 2.20. The van der Waals surface area contributed by atoms with E-state index in [0.29, 0.717) is 12.2 Å². The number of ether oxygens (including phenoxy) is 2. The number of aromatic nitrogens is 1. The molecule has 1 aromatic rings. The molecule has 0 unspecified atom stereocenters. The maximum Gasteiger partial charge on any atom is 0.414 e. The molecule has 1 aliphatic rings. The fourth-order valence-electron chi connectivity index (χ4n) is 2.32. The van der Waals surface area contributed by atoms with Crippen LogP contribution in [0.1, 0.15) is 38.6 Å². The van der Waals surface area contributed by atoms with Crippen LogP contribution in [-0.2, 0) is 27.1 Å². The zero-order valence-electron chi connectivity index (χ0n) is 13.5. The number of pyridine rings is 1. The van der Waals surface area contributed by atoms with E-state index in [4.69, 9.17) is 4.74 Å². The summed E-state index contributed by atoms with van der Waals surface area (Å²) in [5, 5.41) is 0. The highest BCUT2D eigenvalue weighted by atomic mass is 16.6. The molecule has 0 radical (unpaired) electrons. The van der Waals surface area contributed by atoms with Crippen molar-refractivity contribution in [3.63, 3.8) is 0 Å². The van der Waals surface area contributed by atoms with Gasteiger partial charge in [0.2, 0.25) is 0 Å². The Hall–Kier alpha value is -2.11. The number of fused-ring (bicyclic) bond motifs is 1. The maximum absolute atomic E-state index is 12.3. The zero-order valence-corrected chi connectivity index (χ0v) is 13.5. The molecule has 2 rings (SSSR count). The lowest BCUT2D eigenvalue weighted by atomic mass is 10.1. The first-order valence-corrected chi connectivity index (χ1v) is 7.36. The summed E-state index contributed by atoms with van der Waals surface area (Å²) < 4.78 is 10.1. The highest BCUT2D eigenvalue weighted by Crippen LogP contribution is 2.27. The van der Waals surface area contributed by atoms with Gasteiger partial charge in [0.05, 0.1) is 30.6 Å². The third-order valence-electron chi connectivity index (χ3n) is 3.26. The average Bonchev–Trinajstić information content (AvgIpc) is 2.44. The van der Waals surface area contributed by atoms with Crippen LogP contribution in [0.3, 0.4) is 0 Å². The van der Waals surface area contributed by atoms with E-state index in [0.717, 1.165) is 24.2 Å². The topological polar surface area (TPSA) is 68.7 Å². The van der Waals surface area contributed by atoms with Gasteiger partial charge in [0.15, 0.2) is 0 Å². The maximum atomic E-state index is 12.3. The zero-order chi connectivity index (χ0) is 16.3. The smallest absolute Gasteiger partial charge is 0.414 e. The standard InChI is InChI=1S/C16H22N2O4/c1-16(2,3)22-15(20)18-9-5-6-12-13(18)8-7-11(17-12)10-14(19)21-4/h7-8H,5-6,9-10H2,1-4H3. The number of anilines is 1. The minimum atomic E-state index is -0.535. The van der Waals surface area contributed by atoms with Crippen LogP contribution in [0.5, 0.6) is 0 Å². The van der Waals surface area contributed by atoms with Crippen molar-refractivity contribution in [2.45, 2.75) is 45.6 Å². The van der Waals surface area contributed by atoms with Gasteiger partial charge in [0.25, 0.3) is 0 Å². The second-order valence-electron chi connectivity index (χ2n) is 6.26. The van der Waals surface area contributed by atoms with Crippen molar-refractivity contribution >= 4 is 17.7 Å². The molecule has 1 aliphatic heterocycles. The van der Waals surface area contributed by atoms with Crippen LogP contribution >= 0.6 is 0 Å². The fourth-order valence-corrected chi connectivity index (χ4v) is 2.32. The van der Waals surface area contributed by atoms with Crippen molar-refractivity contribution in [1.29, 1.82) is 0 Å². The van der Waals surface area contributed by atoms with Gasteiger partial charge in [0, 0.05) is 6.54 Å². The summed E-state index contributed by atoms with van der Waals surface area (Å²) in [4.78, 5) is 29.7. The largest absolute Gasteiger partial charge is 0.469 e. The van der Waals surface area contributed by atoms with Gasteiger partial charge in [-0.3, -0.25) is 14.7 Å². The Kier molecular flexibility index (Phi) is 4.68. The average molecular weight is 306 g/mol. The Bertz CT molecular complexity index is 578. The minimum absolute atomic E-state index is 0.135. The summed E-state index contributed by atoms with van der Waals surface area (Å²) in [5.74, 6) is -0.327. The lowest BCUT2D eigenvalue weighted by molar-refractivity contribution is -0.139. The van der Waals surface area contributed by atoms with Gasteiger partial charge in [-0.05, 0) is 45.7 Å². The van der Waals surface area contributed by atoms with Crippen LogP contribution in [0.15, 0.2) is 12.1 Å². The van der Waals surface area contributed by atoms with E-state index in [9.17, 15) is 9.59 Å². The van der Waals surface area contributed by atoms with Crippen molar-refractivity contribution < 1.29 is 19.1 Å². The molecule has 0 aromatic carbocycles. The number of methoxy groups -OCH3 is 1. The van der Waals surface area contributed by atoms with Crippen LogP contribution in [0, 0.1) is 0 Å². The first-order chi connectivity index (χ1) is 10.3. The van der Waals surface area contributed by atoms with Crippen molar-refractivity contribution in [2.75, 3.05) is 18.6 Å². The summed E-state index contributed by atoms with van der Waals surface area (Å²) in [6, 6.07) is 3.57. The Morgan fingerprint density at radius 1 is 1.32 bits per heavy atom. The summed E-state index contributed by atoms with van der Waals surface area (Å²) in [7, 11) is 1.35. The third kappa shape index (κ3) is 3.96. The molecule has 22 heavy (non-hydrogen) atoms. The summed E-state index contributed by atoms with van der Waals surface area (Å²) in [6.45, 7) is 6.13. The quantitative estimate of drug-likeness (QED) is 0.785. The van der Waals surface area contributed by atoms with Crippen LogP contribution in [-0.4, -0.2) is 36.3 Å². The van der Waals surface area contributed by atoms with Crippen LogP contribution < -0.4 is 4.90 Å². The molecule has 0 saturated heterocycles. The van der Waals surface area contributed by atoms with Gasteiger partial charge in [-0.15, -0.1) is 0 Å². The summed E-state index contributed by atoms with van der Waals surface area (Å²) in [5.41, 5.74) is 1.69. The second kappa shape index (κ2) is 6.34. The van der Waals surface area contributed by atoms with E-state index in [1.165, 1.54) is 7.11 Å². The molecule has 1 aromatic heterocycles. The normalized spacial score (nSPS) is 14.3. The number of rotatable bonds is 2. The van der Waals surface area contributed by atoms with Crippen LogP contribution in [0.2, 0.25) is 0 Å². The fraction of sp³-hybridized carbons (Fsp3) is 0.562. The number of hydrogen-bond donors (Lipinski definition) is 0. The number of carbonyl (C=O) groups excluding carboxylic acids is 2. The Morgan fingerprint density at radius 3 is 2.68 bits per heavy atom. The molecule has 0 aliphatic carbocycles. The minimum Gasteiger partial charge on any atom is -0.469 e. The predicted octanol–water partition coefficient (Wildman–Crippen LogP) is 2.48. The molecular weight excluding hydrogens is 284 g/mol. The van der Waals surface area contributed by atoms with E-state index in [-0.39, 0.29) is 18.5 Å². The second-order valence-corrected chi connectivity index (χ2v) is 6.26. The first kappa shape index (κ1) is 16.3. The van der Waals surface area contributed by atoms with Crippen molar-refractivity contribution in [1.82, 2.24) is 4.98 Å². The van der Waals surface area contributed by atoms with Gasteiger partial charge < -0.3 is 9.47 Å². The number of esters is 1. The van der Waals surface area contributed by atoms with Gasteiger partial charge in [-0.25, -0.2) is 4.79 Å². The molecule has 6 nitrogen and oxygen atoms in total. The SMILES string of the molecule is COC(=O)Cc1ccc2c(n1)CCCN2C(=O)OC(C)(C)C. The number of carbonyl (C=O) groups is 2. The van der Waals surface area contributed by atoms with Gasteiger partial charge >= 0.3 is 12.1 Å². The molecule has 1 amide bonds. The number of amides is 1. The van der Waals surface area contributed by atoms with Gasteiger partial charge in [-0.2, -0.15) is 0 Å². The monoisotopic (exact) mass is 306 g/mol. The highest BCUT2D eigenvalue weighted by molar-refractivity contribution is 5.89. The Morgan fingerprint density at radius 2 is 2.05 bits per heavy atom.